The first kappa shape index (κ1) is 11.6. The molecule has 0 bridgehead atoms. The van der Waals surface area contributed by atoms with Crippen LogP contribution in [0.2, 0.25) is 0 Å². The van der Waals surface area contributed by atoms with Gasteiger partial charge in [0.05, 0.1) is 11.8 Å². The number of carboxylic acid groups (broad SMARTS) is 1. The second kappa shape index (κ2) is 5.40. The minimum atomic E-state index is -0.871. The number of hydrogen-bond acceptors (Lipinski definition) is 2. The number of carbonyl (C=O) groups excluding carboxylic acids is 1. The smallest absolute Gasteiger partial charge is 0.307 e. The van der Waals surface area contributed by atoms with Crippen LogP contribution in [0.3, 0.4) is 0 Å². The Kier molecular flexibility index (Phi) is 4.17. The van der Waals surface area contributed by atoms with Gasteiger partial charge in [-0.25, -0.2) is 0 Å². The Morgan fingerprint density at radius 3 is 2.67 bits per heavy atom. The van der Waals surface area contributed by atoms with Crippen molar-refractivity contribution in [2.45, 2.75) is 25.7 Å². The maximum atomic E-state index is 11.6. The minimum absolute atomic E-state index is 0.171. The minimum Gasteiger partial charge on any atom is -0.481 e. The number of amides is 1. The van der Waals surface area contributed by atoms with Crippen LogP contribution in [0.4, 0.5) is 0 Å². The summed E-state index contributed by atoms with van der Waals surface area (Å²) >= 11 is 0. The molecule has 0 aliphatic heterocycles. The molecule has 4 heteroatoms. The van der Waals surface area contributed by atoms with E-state index in [0.717, 1.165) is 6.42 Å². The van der Waals surface area contributed by atoms with E-state index in [1.807, 2.05) is 0 Å². The van der Waals surface area contributed by atoms with Gasteiger partial charge in [0.2, 0.25) is 5.91 Å². The number of carboxylic acids is 1. The molecule has 2 N–H and O–H groups in total. The highest BCUT2D eigenvalue weighted by molar-refractivity contribution is 5.85. The SMILES string of the molecule is C#CCCNC(=O)[C@@H]1CCC[C@@H]1C(=O)O. The molecule has 0 aromatic carbocycles. The van der Waals surface area contributed by atoms with Crippen molar-refractivity contribution in [2.75, 3.05) is 6.54 Å². The zero-order valence-corrected chi connectivity index (χ0v) is 8.53. The lowest BCUT2D eigenvalue weighted by Crippen LogP contribution is -2.35. The number of nitrogens with one attached hydrogen (secondary N) is 1. The van der Waals surface area contributed by atoms with Crippen molar-refractivity contribution in [2.24, 2.45) is 11.8 Å². The van der Waals surface area contributed by atoms with E-state index in [2.05, 4.69) is 11.2 Å². The third kappa shape index (κ3) is 2.98. The monoisotopic (exact) mass is 209 g/mol. The molecular formula is C11H15NO3. The lowest BCUT2D eigenvalue weighted by molar-refractivity contribution is -0.146. The van der Waals surface area contributed by atoms with Crippen LogP contribution in [0.25, 0.3) is 0 Å². The predicted octanol–water partition coefficient (Wildman–Crippen LogP) is 0.627. The Labute approximate surface area is 89.0 Å². The van der Waals surface area contributed by atoms with Crippen molar-refractivity contribution in [3.63, 3.8) is 0 Å². The molecule has 0 spiro atoms. The van der Waals surface area contributed by atoms with Gasteiger partial charge in [0.1, 0.15) is 0 Å². The molecule has 82 valence electrons. The summed E-state index contributed by atoms with van der Waals surface area (Å²) in [5.41, 5.74) is 0. The van der Waals surface area contributed by atoms with Crippen molar-refractivity contribution in [1.29, 1.82) is 0 Å². The molecular weight excluding hydrogens is 194 g/mol. The maximum Gasteiger partial charge on any atom is 0.307 e. The van der Waals surface area contributed by atoms with Crippen LogP contribution in [0.5, 0.6) is 0 Å². The van der Waals surface area contributed by atoms with Gasteiger partial charge in [0.25, 0.3) is 0 Å². The third-order valence-electron chi connectivity index (χ3n) is 2.74. The quantitative estimate of drug-likeness (QED) is 0.527. The Bertz CT molecular complexity index is 293. The van der Waals surface area contributed by atoms with E-state index < -0.39 is 11.9 Å². The summed E-state index contributed by atoms with van der Waals surface area (Å²) in [6, 6.07) is 0. The average Bonchev–Trinajstić information content (AvgIpc) is 2.66. The van der Waals surface area contributed by atoms with Gasteiger partial charge in [-0.05, 0) is 12.8 Å². The van der Waals surface area contributed by atoms with Gasteiger partial charge in [0, 0.05) is 13.0 Å². The van der Waals surface area contributed by atoms with Gasteiger partial charge in [0.15, 0.2) is 0 Å². The van der Waals surface area contributed by atoms with E-state index in [1.54, 1.807) is 0 Å². The average molecular weight is 209 g/mol. The van der Waals surface area contributed by atoms with Gasteiger partial charge >= 0.3 is 5.97 Å². The molecule has 0 unspecified atom stereocenters. The van der Waals surface area contributed by atoms with Crippen molar-refractivity contribution >= 4 is 11.9 Å². The lowest BCUT2D eigenvalue weighted by atomic mass is 9.95. The first-order valence-electron chi connectivity index (χ1n) is 5.10. The standard InChI is InChI=1S/C11H15NO3/c1-2-3-7-12-10(13)8-5-4-6-9(8)11(14)15/h1,8-9H,3-7H2,(H,12,13)(H,14,15)/t8-,9+/m1/s1. The van der Waals surface area contributed by atoms with Crippen LogP contribution in [0.1, 0.15) is 25.7 Å². The molecule has 0 aromatic rings. The Balaban J connectivity index is 2.45. The number of terminal acetylenes is 1. The Morgan fingerprint density at radius 1 is 1.40 bits per heavy atom. The molecule has 1 rings (SSSR count). The summed E-state index contributed by atoms with van der Waals surface area (Å²) in [5.74, 6) is 0.482. The van der Waals surface area contributed by atoms with Gasteiger partial charge in [-0.3, -0.25) is 9.59 Å². The molecule has 4 nitrogen and oxygen atoms in total. The predicted molar refractivity (Wildman–Crippen MR) is 54.9 cm³/mol. The van der Waals surface area contributed by atoms with E-state index in [9.17, 15) is 9.59 Å². The fraction of sp³-hybridized carbons (Fsp3) is 0.636. The van der Waals surface area contributed by atoms with E-state index in [-0.39, 0.29) is 11.8 Å². The van der Waals surface area contributed by atoms with Crippen LogP contribution in [0, 0.1) is 24.2 Å². The second-order valence-electron chi connectivity index (χ2n) is 3.73. The molecule has 0 aromatic heterocycles. The largest absolute Gasteiger partial charge is 0.481 e. The lowest BCUT2D eigenvalue weighted by Gasteiger charge is -2.14. The van der Waals surface area contributed by atoms with Crippen molar-refractivity contribution in [1.82, 2.24) is 5.32 Å². The summed E-state index contributed by atoms with van der Waals surface area (Å²) in [7, 11) is 0. The molecule has 0 radical (unpaired) electrons. The van der Waals surface area contributed by atoms with Crippen LogP contribution in [-0.4, -0.2) is 23.5 Å². The number of hydrogen-bond donors (Lipinski definition) is 2. The second-order valence-corrected chi connectivity index (χ2v) is 3.73. The number of carbonyl (C=O) groups is 2. The van der Waals surface area contributed by atoms with Gasteiger partial charge < -0.3 is 10.4 Å². The van der Waals surface area contributed by atoms with Crippen molar-refractivity contribution in [3.8, 4) is 12.3 Å². The first-order valence-corrected chi connectivity index (χ1v) is 5.10. The van der Waals surface area contributed by atoms with Crippen molar-refractivity contribution < 1.29 is 14.7 Å². The highest BCUT2D eigenvalue weighted by Crippen LogP contribution is 2.31. The van der Waals surface area contributed by atoms with Crippen molar-refractivity contribution in [3.05, 3.63) is 0 Å². The zero-order chi connectivity index (χ0) is 11.3. The topological polar surface area (TPSA) is 66.4 Å². The molecule has 0 heterocycles. The summed E-state index contributed by atoms with van der Waals surface area (Å²) in [5, 5.41) is 11.6. The first-order chi connectivity index (χ1) is 7.16. The van der Waals surface area contributed by atoms with Gasteiger partial charge in [-0.15, -0.1) is 12.3 Å². The summed E-state index contributed by atoms with van der Waals surface area (Å²) in [6.45, 7) is 0.429. The summed E-state index contributed by atoms with van der Waals surface area (Å²) in [4.78, 5) is 22.4. The van der Waals surface area contributed by atoms with Crippen LogP contribution in [-0.2, 0) is 9.59 Å². The highest BCUT2D eigenvalue weighted by Gasteiger charge is 2.37. The normalized spacial score (nSPS) is 24.5. The number of rotatable bonds is 4. The van der Waals surface area contributed by atoms with Gasteiger partial charge in [-0.1, -0.05) is 6.42 Å². The fourth-order valence-electron chi connectivity index (χ4n) is 1.96. The Morgan fingerprint density at radius 2 is 2.07 bits per heavy atom. The molecule has 1 saturated carbocycles. The zero-order valence-electron chi connectivity index (χ0n) is 8.53. The van der Waals surface area contributed by atoms with E-state index in [0.29, 0.717) is 25.8 Å². The van der Waals surface area contributed by atoms with E-state index in [4.69, 9.17) is 11.5 Å². The van der Waals surface area contributed by atoms with Crippen LogP contribution >= 0.6 is 0 Å². The van der Waals surface area contributed by atoms with Crippen LogP contribution < -0.4 is 5.32 Å². The number of aliphatic carboxylic acids is 1. The third-order valence-corrected chi connectivity index (χ3v) is 2.74. The Hall–Kier alpha value is -1.50. The molecule has 1 aliphatic rings. The molecule has 1 fully saturated rings. The molecule has 1 amide bonds. The summed E-state index contributed by atoms with van der Waals surface area (Å²) < 4.78 is 0. The van der Waals surface area contributed by atoms with Crippen LogP contribution in [0.15, 0.2) is 0 Å². The highest BCUT2D eigenvalue weighted by atomic mass is 16.4. The fourth-order valence-corrected chi connectivity index (χ4v) is 1.96. The summed E-state index contributed by atoms with van der Waals surface area (Å²) in [6.07, 6.45) is 7.61. The van der Waals surface area contributed by atoms with E-state index in [1.165, 1.54) is 0 Å². The molecule has 1 aliphatic carbocycles. The molecule has 15 heavy (non-hydrogen) atoms. The van der Waals surface area contributed by atoms with E-state index >= 15 is 0 Å². The molecule has 0 saturated heterocycles. The van der Waals surface area contributed by atoms with Gasteiger partial charge in [-0.2, -0.15) is 0 Å². The maximum absolute atomic E-state index is 11.6. The molecule has 2 atom stereocenters.